The summed E-state index contributed by atoms with van der Waals surface area (Å²) in [5, 5.41) is 3.88. The molecule has 0 saturated carbocycles. The zero-order chi connectivity index (χ0) is 12.6. The lowest BCUT2D eigenvalue weighted by Crippen LogP contribution is -2.09. The van der Waals surface area contributed by atoms with Crippen molar-refractivity contribution in [3.8, 4) is 5.00 Å². The van der Waals surface area contributed by atoms with Gasteiger partial charge in [-0.15, -0.1) is 11.3 Å². The highest BCUT2D eigenvalue weighted by Crippen LogP contribution is 2.32. The number of aldehydes is 1. The fraction of sp³-hybridized carbons (Fsp3) is 0.111. The third kappa shape index (κ3) is 2.42. The summed E-state index contributed by atoms with van der Waals surface area (Å²) in [7, 11) is 0. The Kier molecular flexibility index (Phi) is 3.09. The lowest BCUT2D eigenvalue weighted by atomic mass is 10.3. The van der Waals surface area contributed by atoms with E-state index in [0.29, 0.717) is 5.00 Å². The van der Waals surface area contributed by atoms with Gasteiger partial charge < -0.3 is 0 Å². The maximum absolute atomic E-state index is 12.5. The molecule has 2 aromatic rings. The Morgan fingerprint density at radius 3 is 2.53 bits per heavy atom. The topological polar surface area (TPSA) is 34.9 Å². The van der Waals surface area contributed by atoms with Gasteiger partial charge in [0.2, 0.25) is 0 Å². The lowest BCUT2D eigenvalue weighted by molar-refractivity contribution is -0.141. The van der Waals surface area contributed by atoms with E-state index >= 15 is 0 Å². The first-order chi connectivity index (χ1) is 7.91. The third-order valence-corrected chi connectivity index (χ3v) is 3.54. The van der Waals surface area contributed by atoms with Gasteiger partial charge in [0.15, 0.2) is 12.0 Å². The number of rotatable bonds is 2. The Hall–Kier alpha value is -1.15. The van der Waals surface area contributed by atoms with Gasteiger partial charge in [0, 0.05) is 6.20 Å². The molecule has 0 unspecified atom stereocenters. The number of aromatic nitrogens is 2. The Morgan fingerprint density at radius 2 is 2.12 bits per heavy atom. The fourth-order valence-corrected chi connectivity index (χ4v) is 2.52. The number of nitrogens with zero attached hydrogens (tertiary/aromatic N) is 2. The van der Waals surface area contributed by atoms with Crippen LogP contribution in [0.4, 0.5) is 13.2 Å². The second kappa shape index (κ2) is 4.26. The van der Waals surface area contributed by atoms with Gasteiger partial charge in [-0.2, -0.15) is 18.3 Å². The average molecular weight is 325 g/mol. The summed E-state index contributed by atoms with van der Waals surface area (Å²) in [4.78, 5) is 10.6. The molecule has 0 atom stereocenters. The third-order valence-electron chi connectivity index (χ3n) is 1.92. The van der Waals surface area contributed by atoms with Crippen LogP contribution < -0.4 is 0 Å². The van der Waals surface area contributed by atoms with Crippen molar-refractivity contribution in [2.45, 2.75) is 6.18 Å². The van der Waals surface area contributed by atoms with E-state index in [4.69, 9.17) is 0 Å². The van der Waals surface area contributed by atoms with Crippen LogP contribution in [0.2, 0.25) is 0 Å². The molecule has 90 valence electrons. The molecule has 0 aromatic carbocycles. The second-order valence-electron chi connectivity index (χ2n) is 3.07. The van der Waals surface area contributed by atoms with E-state index in [2.05, 4.69) is 21.0 Å². The van der Waals surface area contributed by atoms with Gasteiger partial charge in [-0.3, -0.25) is 4.79 Å². The van der Waals surface area contributed by atoms with E-state index in [1.165, 1.54) is 11.3 Å². The summed E-state index contributed by atoms with van der Waals surface area (Å²) >= 11 is 4.41. The molecule has 2 rings (SSSR count). The summed E-state index contributed by atoms with van der Waals surface area (Å²) in [5.41, 5.74) is -1.64. The highest BCUT2D eigenvalue weighted by molar-refractivity contribution is 9.11. The van der Waals surface area contributed by atoms with Gasteiger partial charge in [-0.25, -0.2) is 4.68 Å². The zero-order valence-electron chi connectivity index (χ0n) is 8.03. The number of carbonyl (C=O) groups is 1. The predicted molar refractivity (Wildman–Crippen MR) is 59.5 cm³/mol. The first-order valence-electron chi connectivity index (χ1n) is 4.29. The predicted octanol–water partition coefficient (Wildman–Crippen LogP) is 3.53. The molecule has 8 heteroatoms. The molecule has 0 fully saturated rings. The van der Waals surface area contributed by atoms with Crippen molar-refractivity contribution in [1.82, 2.24) is 9.78 Å². The van der Waals surface area contributed by atoms with Crippen molar-refractivity contribution in [2.75, 3.05) is 0 Å². The van der Waals surface area contributed by atoms with Crippen LogP contribution in [0.15, 0.2) is 22.1 Å². The molecular weight excluding hydrogens is 321 g/mol. The van der Waals surface area contributed by atoms with E-state index in [0.717, 1.165) is 14.7 Å². The molecule has 3 nitrogen and oxygen atoms in total. The monoisotopic (exact) mass is 324 g/mol. The molecule has 0 aliphatic carbocycles. The molecule has 0 N–H and O–H groups in total. The summed E-state index contributed by atoms with van der Waals surface area (Å²) in [6.45, 7) is 0. The molecule has 0 bridgehead atoms. The van der Waals surface area contributed by atoms with E-state index < -0.39 is 17.4 Å². The molecule has 0 radical (unpaired) electrons. The first kappa shape index (κ1) is 12.3. The molecule has 17 heavy (non-hydrogen) atoms. The van der Waals surface area contributed by atoms with Crippen molar-refractivity contribution < 1.29 is 18.0 Å². The molecule has 0 aliphatic heterocycles. The minimum Gasteiger partial charge on any atom is -0.298 e. The maximum atomic E-state index is 12.5. The highest BCUT2D eigenvalue weighted by Gasteiger charge is 2.37. The number of hydrogen-bond acceptors (Lipinski definition) is 3. The Labute approximate surface area is 106 Å². The van der Waals surface area contributed by atoms with Gasteiger partial charge in [0.05, 0.1) is 9.35 Å². The summed E-state index contributed by atoms with van der Waals surface area (Å²) < 4.78 is 39.4. The minimum atomic E-state index is -4.63. The second-order valence-corrected chi connectivity index (χ2v) is 5.51. The van der Waals surface area contributed by atoms with Gasteiger partial charge >= 0.3 is 6.18 Å². The van der Waals surface area contributed by atoms with E-state index in [1.54, 1.807) is 12.1 Å². The quantitative estimate of drug-likeness (QED) is 0.792. The van der Waals surface area contributed by atoms with Crippen molar-refractivity contribution in [3.63, 3.8) is 0 Å². The Balaban J connectivity index is 2.52. The van der Waals surface area contributed by atoms with Crippen LogP contribution >= 0.6 is 27.3 Å². The number of carbonyl (C=O) groups excluding carboxylic acids is 1. The van der Waals surface area contributed by atoms with Crippen molar-refractivity contribution in [1.29, 1.82) is 0 Å². The number of halogens is 4. The average Bonchev–Trinajstić information content (AvgIpc) is 2.81. The van der Waals surface area contributed by atoms with Crippen molar-refractivity contribution in [3.05, 3.63) is 33.4 Å². The number of thiophene rings is 1. The minimum absolute atomic E-state index is 0.148. The Bertz CT molecular complexity index is 561. The van der Waals surface area contributed by atoms with Crippen LogP contribution in [0.1, 0.15) is 16.1 Å². The lowest BCUT2D eigenvalue weighted by Gasteiger charge is -2.01. The molecule has 0 saturated heterocycles. The van der Waals surface area contributed by atoms with Crippen molar-refractivity contribution in [2.24, 2.45) is 0 Å². The fourth-order valence-electron chi connectivity index (χ4n) is 1.23. The molecular formula is C9H4BrF3N2OS. The first-order valence-corrected chi connectivity index (χ1v) is 5.90. The smallest absolute Gasteiger partial charge is 0.298 e. The van der Waals surface area contributed by atoms with Crippen LogP contribution in [0, 0.1) is 0 Å². The van der Waals surface area contributed by atoms with Crippen LogP contribution in [-0.4, -0.2) is 16.1 Å². The maximum Gasteiger partial charge on any atom is 0.435 e. The standard InChI is InChI=1S/C9H4BrF3N2OS/c10-6-1-2-7(17-6)15-3-5(4-16)8(14-15)9(11,12)13/h1-4H. The SMILES string of the molecule is O=Cc1cn(-c2ccc(Br)s2)nc1C(F)(F)F. The molecule has 0 amide bonds. The molecule has 2 aromatic heterocycles. The van der Waals surface area contributed by atoms with Gasteiger partial charge in [-0.1, -0.05) is 0 Å². The van der Waals surface area contributed by atoms with E-state index in [9.17, 15) is 18.0 Å². The summed E-state index contributed by atoms with van der Waals surface area (Å²) in [5.74, 6) is 0. The van der Waals surface area contributed by atoms with Crippen molar-refractivity contribution >= 4 is 33.6 Å². The molecule has 2 heterocycles. The highest BCUT2D eigenvalue weighted by atomic mass is 79.9. The van der Waals surface area contributed by atoms with Crippen LogP contribution in [0.3, 0.4) is 0 Å². The largest absolute Gasteiger partial charge is 0.435 e. The zero-order valence-corrected chi connectivity index (χ0v) is 10.4. The molecule has 0 spiro atoms. The van der Waals surface area contributed by atoms with Crippen LogP contribution in [0.5, 0.6) is 0 Å². The number of alkyl halides is 3. The Morgan fingerprint density at radius 1 is 1.41 bits per heavy atom. The van der Waals surface area contributed by atoms with Crippen LogP contribution in [0.25, 0.3) is 5.00 Å². The summed E-state index contributed by atoms with van der Waals surface area (Å²) in [6, 6.07) is 3.30. The van der Waals surface area contributed by atoms with E-state index in [1.807, 2.05) is 0 Å². The van der Waals surface area contributed by atoms with Gasteiger partial charge in [-0.05, 0) is 28.1 Å². The van der Waals surface area contributed by atoms with Gasteiger partial charge in [0.1, 0.15) is 5.00 Å². The van der Waals surface area contributed by atoms with Crippen LogP contribution in [-0.2, 0) is 6.18 Å². The van der Waals surface area contributed by atoms with Gasteiger partial charge in [0.25, 0.3) is 0 Å². The van der Waals surface area contributed by atoms with E-state index in [-0.39, 0.29) is 6.29 Å². The summed E-state index contributed by atoms with van der Waals surface area (Å²) in [6.07, 6.45) is -3.42. The normalized spacial score (nSPS) is 11.8. The molecule has 0 aliphatic rings. The number of hydrogen-bond donors (Lipinski definition) is 0.